The number of carbonyl (C=O) groups is 2. The molecule has 0 bridgehead atoms. The first-order valence-electron chi connectivity index (χ1n) is 14.5. The average molecular weight is 715 g/mol. The highest BCUT2D eigenvalue weighted by atomic mass is 35.5. The van der Waals surface area contributed by atoms with Gasteiger partial charge in [-0.2, -0.15) is 13.1 Å². The van der Waals surface area contributed by atoms with Crippen molar-refractivity contribution in [2.24, 2.45) is 5.92 Å². The van der Waals surface area contributed by atoms with Gasteiger partial charge in [-0.1, -0.05) is 35.3 Å². The Morgan fingerprint density at radius 2 is 1.81 bits per heavy atom. The molecule has 1 aliphatic carbocycles. The van der Waals surface area contributed by atoms with Gasteiger partial charge in [-0.25, -0.2) is 13.2 Å². The monoisotopic (exact) mass is 713 g/mol. The summed E-state index contributed by atoms with van der Waals surface area (Å²) in [5, 5.41) is 0.352. The second kappa shape index (κ2) is 14.7. The van der Waals surface area contributed by atoms with E-state index in [4.69, 9.17) is 37.4 Å². The van der Waals surface area contributed by atoms with Gasteiger partial charge in [0, 0.05) is 45.0 Å². The second-order valence-corrected chi connectivity index (χ2v) is 13.8. The molecule has 11 nitrogen and oxygen atoms in total. The zero-order valence-electron chi connectivity index (χ0n) is 25.3. The van der Waals surface area contributed by atoms with Gasteiger partial charge in [-0.15, -0.1) is 0 Å². The Bertz CT molecular complexity index is 1720. The van der Waals surface area contributed by atoms with Crippen LogP contribution in [0, 0.1) is 5.92 Å². The lowest BCUT2D eigenvalue weighted by Crippen LogP contribution is -2.42. The summed E-state index contributed by atoms with van der Waals surface area (Å²) in [4.78, 5) is 31.2. The number of benzene rings is 2. The van der Waals surface area contributed by atoms with Crippen molar-refractivity contribution in [3.05, 3.63) is 81.6 Å². The Morgan fingerprint density at radius 1 is 1.09 bits per heavy atom. The van der Waals surface area contributed by atoms with Gasteiger partial charge in [0.1, 0.15) is 6.10 Å². The van der Waals surface area contributed by atoms with Crippen LogP contribution in [0.4, 0.5) is 8.78 Å². The van der Waals surface area contributed by atoms with E-state index in [1.165, 1.54) is 73.9 Å². The lowest BCUT2D eigenvalue weighted by molar-refractivity contribution is -0.164. The number of hydrogen-bond acceptors (Lipinski definition) is 9. The number of nitrogens with zero attached hydrogens (tertiary/aromatic N) is 3. The highest BCUT2D eigenvalue weighted by Crippen LogP contribution is 2.38. The molecule has 2 unspecified atom stereocenters. The lowest BCUT2D eigenvalue weighted by atomic mass is 10.0. The molecule has 2 heterocycles. The van der Waals surface area contributed by atoms with Crippen LogP contribution in [-0.4, -0.2) is 81.2 Å². The van der Waals surface area contributed by atoms with E-state index >= 15 is 0 Å². The first-order valence-corrected chi connectivity index (χ1v) is 16.7. The third-order valence-electron chi connectivity index (χ3n) is 7.47. The Balaban J connectivity index is 1.46. The summed E-state index contributed by atoms with van der Waals surface area (Å²) in [6.45, 7) is -3.11. The van der Waals surface area contributed by atoms with Crippen LogP contribution in [0.25, 0.3) is 0 Å². The third-order valence-corrected chi connectivity index (χ3v) is 9.96. The molecule has 1 amide bonds. The molecule has 1 saturated carbocycles. The standard InChI is InChI=1S/C31H31Cl2F2N3O8S/c1-37(2)28(39)20-4-3-5-21(12-20)47(41,42)38-10-11-43-29(38)30(40)45-26(14-22-23(32)15-36-16-24(22)33)19-8-9-25(46-31(34)35)27(13-19)44-17-18-6-7-18/h3-5,8-9,12-13,15-16,18,26,29,31H,6-7,10-11,14,17H2,1-2H3. The maximum Gasteiger partial charge on any atom is 0.387 e. The number of rotatable bonds is 13. The number of amides is 1. The molecule has 0 N–H and O–H groups in total. The summed E-state index contributed by atoms with van der Waals surface area (Å²) in [6, 6.07) is 9.54. The SMILES string of the molecule is CN(C)C(=O)c1cccc(S(=O)(=O)N2CCOC2C(=O)OC(Cc2c(Cl)cncc2Cl)c2ccc(OC(F)F)c(OCC3CC3)c2)c1. The maximum absolute atomic E-state index is 13.7. The van der Waals surface area contributed by atoms with E-state index in [1.807, 2.05) is 0 Å². The number of hydrogen-bond donors (Lipinski definition) is 0. The Kier molecular flexibility index (Phi) is 10.9. The van der Waals surface area contributed by atoms with E-state index in [0.29, 0.717) is 11.1 Å². The zero-order valence-corrected chi connectivity index (χ0v) is 27.6. The summed E-state index contributed by atoms with van der Waals surface area (Å²) in [5.74, 6) is -1.36. The summed E-state index contributed by atoms with van der Waals surface area (Å²) in [7, 11) is -1.27. The Hall–Kier alpha value is -3.56. The van der Waals surface area contributed by atoms with Crippen LogP contribution in [0.2, 0.25) is 10.0 Å². The number of sulfonamides is 1. The molecule has 2 aromatic carbocycles. The van der Waals surface area contributed by atoms with Crippen molar-refractivity contribution in [2.75, 3.05) is 33.9 Å². The highest BCUT2D eigenvalue weighted by Gasteiger charge is 2.43. The quantitative estimate of drug-likeness (QED) is 0.216. The van der Waals surface area contributed by atoms with Crippen molar-refractivity contribution >= 4 is 45.1 Å². The summed E-state index contributed by atoms with van der Waals surface area (Å²) >= 11 is 12.8. The molecule has 2 aliphatic rings. The molecule has 1 saturated heterocycles. The van der Waals surface area contributed by atoms with Gasteiger partial charge in [0.05, 0.1) is 28.2 Å². The molecule has 2 atom stereocenters. The van der Waals surface area contributed by atoms with E-state index in [9.17, 15) is 26.8 Å². The number of halogens is 4. The molecule has 2 fully saturated rings. The van der Waals surface area contributed by atoms with Gasteiger partial charge in [0.25, 0.3) is 5.91 Å². The number of pyridine rings is 1. The van der Waals surface area contributed by atoms with Crippen LogP contribution in [0.1, 0.15) is 40.4 Å². The molecule has 1 aliphatic heterocycles. The van der Waals surface area contributed by atoms with Crippen molar-refractivity contribution < 1.29 is 45.7 Å². The van der Waals surface area contributed by atoms with Gasteiger partial charge in [0.15, 0.2) is 11.5 Å². The smallest absolute Gasteiger partial charge is 0.387 e. The number of esters is 1. The zero-order chi connectivity index (χ0) is 33.9. The fourth-order valence-corrected chi connectivity index (χ4v) is 6.87. The van der Waals surface area contributed by atoms with Crippen LogP contribution < -0.4 is 9.47 Å². The van der Waals surface area contributed by atoms with Crippen molar-refractivity contribution in [3.8, 4) is 11.5 Å². The second-order valence-electron chi connectivity index (χ2n) is 11.1. The molecule has 16 heteroatoms. The van der Waals surface area contributed by atoms with Crippen LogP contribution in [0.15, 0.2) is 59.8 Å². The predicted octanol–water partition coefficient (Wildman–Crippen LogP) is 5.35. The Morgan fingerprint density at radius 3 is 2.47 bits per heavy atom. The van der Waals surface area contributed by atoms with E-state index in [2.05, 4.69) is 9.72 Å². The van der Waals surface area contributed by atoms with Gasteiger partial charge in [-0.05, 0) is 60.2 Å². The van der Waals surface area contributed by atoms with Crippen LogP contribution in [-0.2, 0) is 30.7 Å². The first kappa shape index (κ1) is 34.8. The van der Waals surface area contributed by atoms with Gasteiger partial charge < -0.3 is 23.8 Å². The maximum atomic E-state index is 13.7. The molecular weight excluding hydrogens is 683 g/mol. The molecule has 252 valence electrons. The van der Waals surface area contributed by atoms with Crippen molar-refractivity contribution in [1.29, 1.82) is 0 Å². The van der Waals surface area contributed by atoms with Gasteiger partial charge in [-0.3, -0.25) is 9.78 Å². The molecule has 5 rings (SSSR count). The molecular formula is C31H31Cl2F2N3O8S. The first-order chi connectivity index (χ1) is 22.3. The van der Waals surface area contributed by atoms with Crippen molar-refractivity contribution in [1.82, 2.24) is 14.2 Å². The molecule has 0 spiro atoms. The number of alkyl halides is 2. The lowest BCUT2D eigenvalue weighted by Gasteiger charge is -2.26. The van der Waals surface area contributed by atoms with Crippen molar-refractivity contribution in [3.63, 3.8) is 0 Å². The summed E-state index contributed by atoms with van der Waals surface area (Å²) in [6.07, 6.45) is 1.66. The minimum atomic E-state index is -4.34. The minimum Gasteiger partial charge on any atom is -0.489 e. The minimum absolute atomic E-state index is 0.0103. The highest BCUT2D eigenvalue weighted by molar-refractivity contribution is 7.89. The largest absolute Gasteiger partial charge is 0.489 e. The third kappa shape index (κ3) is 8.30. The molecule has 0 radical (unpaired) electrons. The van der Waals surface area contributed by atoms with Crippen LogP contribution >= 0.6 is 23.2 Å². The number of carbonyl (C=O) groups excluding carboxylic acids is 2. The Labute approximate surface area is 280 Å². The van der Waals surface area contributed by atoms with Crippen LogP contribution in [0.5, 0.6) is 11.5 Å². The van der Waals surface area contributed by atoms with Crippen molar-refractivity contribution in [2.45, 2.75) is 43.1 Å². The topological polar surface area (TPSA) is 125 Å². The molecule has 47 heavy (non-hydrogen) atoms. The normalized spacial score (nSPS) is 17.4. The average Bonchev–Trinajstić information content (AvgIpc) is 3.72. The van der Waals surface area contributed by atoms with Gasteiger partial charge >= 0.3 is 12.6 Å². The fourth-order valence-electron chi connectivity index (χ4n) is 4.84. The fraction of sp³-hybridized carbons (Fsp3) is 0.387. The molecule has 1 aromatic heterocycles. The number of aromatic nitrogens is 1. The van der Waals surface area contributed by atoms with E-state index in [0.717, 1.165) is 17.1 Å². The van der Waals surface area contributed by atoms with E-state index < -0.39 is 40.8 Å². The van der Waals surface area contributed by atoms with E-state index in [-0.39, 0.29) is 64.1 Å². The predicted molar refractivity (Wildman–Crippen MR) is 166 cm³/mol. The van der Waals surface area contributed by atoms with Crippen LogP contribution in [0.3, 0.4) is 0 Å². The summed E-state index contributed by atoms with van der Waals surface area (Å²) < 4.78 is 76.5. The van der Waals surface area contributed by atoms with Gasteiger partial charge in [0.2, 0.25) is 16.3 Å². The summed E-state index contributed by atoms with van der Waals surface area (Å²) in [5.41, 5.74) is 0.811. The van der Waals surface area contributed by atoms with E-state index in [1.54, 1.807) is 0 Å². The number of ether oxygens (including phenoxy) is 4. The molecule has 3 aromatic rings.